The largest absolute Gasteiger partial charge is 0.392 e. The number of nitrogens with zero attached hydrogens (tertiary/aromatic N) is 4. The molecule has 0 amide bonds. The first-order chi connectivity index (χ1) is 12.6. The van der Waals surface area contributed by atoms with E-state index in [9.17, 15) is 40.7 Å². The minimum atomic E-state index is -5.99. The molecule has 2 aromatic heterocycles. The first-order valence-corrected chi connectivity index (χ1v) is 8.99. The van der Waals surface area contributed by atoms with Gasteiger partial charge in [0.05, 0.1) is 25.8 Å². The van der Waals surface area contributed by atoms with E-state index in [1.54, 1.807) is 0 Å². The number of aromatic nitrogens is 4. The van der Waals surface area contributed by atoms with Crippen LogP contribution in [0.5, 0.6) is 0 Å². The number of rotatable bonds is 7. The maximum absolute atomic E-state index is 12.8. The number of hydrogen-bond donors (Lipinski definition) is 3. The second-order valence-electron chi connectivity index (χ2n) is 5.79. The van der Waals surface area contributed by atoms with E-state index in [-0.39, 0.29) is 17.0 Å². The third kappa shape index (κ3) is 5.31. The molecule has 0 aliphatic rings. The molecule has 28 heavy (non-hydrogen) atoms. The van der Waals surface area contributed by atoms with E-state index in [0.29, 0.717) is 0 Å². The van der Waals surface area contributed by atoms with Crippen molar-refractivity contribution in [2.45, 2.75) is 37.1 Å². The molecular formula is C12H14F6N5O4P. The standard InChI is InChI=1S/C12H14F6N5O4P/c13-11(14,15)3-10(28(24,25)26,4-12(16,17)18)27-2-1-23-6-22-7-8(19)20-5-21-9(7)23/h5-6H,1-4H2,(H2,19,20,21)(H2,24,25,26). The maximum Gasteiger partial charge on any atom is 0.392 e. The summed E-state index contributed by atoms with van der Waals surface area (Å²) in [7, 11) is -5.99. The number of fused-ring (bicyclic) bond motifs is 1. The van der Waals surface area contributed by atoms with E-state index in [0.717, 1.165) is 12.7 Å². The predicted molar refractivity (Wildman–Crippen MR) is 81.8 cm³/mol. The molecular weight excluding hydrogens is 423 g/mol. The molecule has 2 heterocycles. The number of nitrogen functional groups attached to an aromatic ring is 1. The van der Waals surface area contributed by atoms with Gasteiger partial charge in [0.1, 0.15) is 11.8 Å². The van der Waals surface area contributed by atoms with Crippen molar-refractivity contribution in [1.82, 2.24) is 19.5 Å². The van der Waals surface area contributed by atoms with Crippen LogP contribution in [0.2, 0.25) is 0 Å². The first kappa shape index (κ1) is 22.3. The Morgan fingerprint density at radius 3 is 2.14 bits per heavy atom. The Bertz CT molecular complexity index is 863. The van der Waals surface area contributed by atoms with Gasteiger partial charge in [-0.25, -0.2) is 15.0 Å². The molecule has 0 aliphatic heterocycles. The highest BCUT2D eigenvalue weighted by atomic mass is 31.2. The Labute approximate surface area is 152 Å². The number of ether oxygens (including phenoxy) is 1. The van der Waals surface area contributed by atoms with Crippen LogP contribution in [0, 0.1) is 0 Å². The van der Waals surface area contributed by atoms with Crippen LogP contribution in [-0.2, 0) is 15.8 Å². The monoisotopic (exact) mass is 437 g/mol. The summed E-state index contributed by atoms with van der Waals surface area (Å²) in [5, 5.41) is -3.81. The summed E-state index contributed by atoms with van der Waals surface area (Å²) >= 11 is 0. The summed E-state index contributed by atoms with van der Waals surface area (Å²) < 4.78 is 94.0. The molecule has 0 radical (unpaired) electrons. The highest BCUT2D eigenvalue weighted by Crippen LogP contribution is 2.59. The SMILES string of the molecule is Nc1ncnc2c1ncn2CCOC(CC(F)(F)F)(CC(F)(F)F)P(=O)(O)O. The maximum atomic E-state index is 12.8. The van der Waals surface area contributed by atoms with Gasteiger partial charge in [-0.1, -0.05) is 0 Å². The van der Waals surface area contributed by atoms with Crippen LogP contribution in [0.1, 0.15) is 12.8 Å². The number of alkyl halides is 6. The highest BCUT2D eigenvalue weighted by Gasteiger charge is 2.59. The normalized spacial score (nSPS) is 14.0. The van der Waals surface area contributed by atoms with Crippen LogP contribution in [-0.4, -0.2) is 53.6 Å². The fourth-order valence-corrected chi connectivity index (χ4v) is 3.51. The van der Waals surface area contributed by atoms with Crippen molar-refractivity contribution in [3.05, 3.63) is 12.7 Å². The Morgan fingerprint density at radius 2 is 1.64 bits per heavy atom. The fraction of sp³-hybridized carbons (Fsp3) is 0.583. The zero-order valence-electron chi connectivity index (χ0n) is 13.8. The molecule has 0 spiro atoms. The van der Waals surface area contributed by atoms with Crippen LogP contribution in [0.25, 0.3) is 11.2 Å². The predicted octanol–water partition coefficient (Wildman–Crippen LogP) is 2.20. The van der Waals surface area contributed by atoms with Crippen LogP contribution in [0.3, 0.4) is 0 Å². The van der Waals surface area contributed by atoms with Gasteiger partial charge in [0.2, 0.25) is 0 Å². The van der Waals surface area contributed by atoms with Crippen molar-refractivity contribution >= 4 is 24.6 Å². The number of anilines is 1. The summed E-state index contributed by atoms with van der Waals surface area (Å²) in [6, 6.07) is 0. The highest BCUT2D eigenvalue weighted by molar-refractivity contribution is 7.53. The van der Waals surface area contributed by atoms with Gasteiger partial charge in [-0.3, -0.25) is 4.57 Å². The second-order valence-corrected chi connectivity index (χ2v) is 7.69. The molecule has 0 atom stereocenters. The van der Waals surface area contributed by atoms with Crippen molar-refractivity contribution in [1.29, 1.82) is 0 Å². The van der Waals surface area contributed by atoms with Crippen LogP contribution < -0.4 is 5.73 Å². The van der Waals surface area contributed by atoms with Crippen molar-refractivity contribution < 1.29 is 45.4 Å². The van der Waals surface area contributed by atoms with E-state index in [1.165, 1.54) is 4.57 Å². The lowest BCUT2D eigenvalue weighted by molar-refractivity contribution is -0.211. The number of imidazole rings is 1. The first-order valence-electron chi connectivity index (χ1n) is 7.38. The van der Waals surface area contributed by atoms with Gasteiger partial charge in [0.25, 0.3) is 0 Å². The van der Waals surface area contributed by atoms with E-state index < -0.39 is 51.3 Å². The van der Waals surface area contributed by atoms with Crippen molar-refractivity contribution in [3.63, 3.8) is 0 Å². The minimum Gasteiger partial charge on any atom is -0.382 e. The quantitative estimate of drug-likeness (QED) is 0.443. The van der Waals surface area contributed by atoms with E-state index >= 15 is 0 Å². The van der Waals surface area contributed by atoms with Crippen molar-refractivity contribution in [2.75, 3.05) is 12.3 Å². The van der Waals surface area contributed by atoms with Crippen LogP contribution in [0.15, 0.2) is 12.7 Å². The molecule has 16 heteroatoms. The van der Waals surface area contributed by atoms with Gasteiger partial charge >= 0.3 is 19.9 Å². The smallest absolute Gasteiger partial charge is 0.382 e. The molecule has 0 unspecified atom stereocenters. The Hall–Kier alpha value is -1.96. The molecule has 158 valence electrons. The summed E-state index contributed by atoms with van der Waals surface area (Å²) in [4.78, 5) is 29.8. The lowest BCUT2D eigenvalue weighted by Gasteiger charge is -2.35. The molecule has 0 fully saturated rings. The second kappa shape index (κ2) is 7.46. The number of hydrogen-bond acceptors (Lipinski definition) is 6. The van der Waals surface area contributed by atoms with Crippen LogP contribution >= 0.6 is 7.60 Å². The van der Waals surface area contributed by atoms with E-state index in [4.69, 9.17) is 5.73 Å². The van der Waals surface area contributed by atoms with Gasteiger partial charge in [-0.05, 0) is 0 Å². The van der Waals surface area contributed by atoms with Gasteiger partial charge in [0, 0.05) is 6.54 Å². The Kier molecular flexibility index (Phi) is 5.95. The van der Waals surface area contributed by atoms with Gasteiger partial charge in [-0.2, -0.15) is 26.3 Å². The zero-order chi connectivity index (χ0) is 21.4. The lowest BCUT2D eigenvalue weighted by atomic mass is 10.1. The van der Waals surface area contributed by atoms with Crippen LogP contribution in [0.4, 0.5) is 32.2 Å². The minimum absolute atomic E-state index is 0.0108. The zero-order valence-corrected chi connectivity index (χ0v) is 14.7. The molecule has 2 rings (SSSR count). The van der Waals surface area contributed by atoms with Crippen molar-refractivity contribution in [3.8, 4) is 0 Å². The summed E-state index contributed by atoms with van der Waals surface area (Å²) in [5.74, 6) is -0.0108. The molecule has 2 aromatic rings. The Morgan fingerprint density at radius 1 is 1.07 bits per heavy atom. The molecule has 0 saturated heterocycles. The topological polar surface area (TPSA) is 136 Å². The third-order valence-electron chi connectivity index (χ3n) is 3.62. The molecule has 0 bridgehead atoms. The van der Waals surface area contributed by atoms with Gasteiger partial charge < -0.3 is 24.8 Å². The van der Waals surface area contributed by atoms with Gasteiger partial charge in [-0.15, -0.1) is 0 Å². The molecule has 0 saturated carbocycles. The van der Waals surface area contributed by atoms with E-state index in [1.807, 2.05) is 0 Å². The van der Waals surface area contributed by atoms with E-state index in [2.05, 4.69) is 19.7 Å². The van der Waals surface area contributed by atoms with Crippen molar-refractivity contribution in [2.24, 2.45) is 0 Å². The molecule has 4 N–H and O–H groups in total. The average molecular weight is 437 g/mol. The third-order valence-corrected chi connectivity index (χ3v) is 5.12. The molecule has 0 aromatic carbocycles. The van der Waals surface area contributed by atoms with Gasteiger partial charge in [0.15, 0.2) is 16.8 Å². The number of nitrogens with two attached hydrogens (primary N) is 1. The fourth-order valence-electron chi connectivity index (χ4n) is 2.48. The molecule has 0 aliphatic carbocycles. The summed E-state index contributed by atoms with van der Waals surface area (Å²) in [6.45, 7) is -1.29. The summed E-state index contributed by atoms with van der Waals surface area (Å²) in [6.07, 6.45) is -13.4. The average Bonchev–Trinajstić information content (AvgIpc) is 2.87. The summed E-state index contributed by atoms with van der Waals surface area (Å²) in [5.41, 5.74) is 5.80. The Balaban J connectivity index is 2.28. The number of halogens is 6. The lowest BCUT2D eigenvalue weighted by Crippen LogP contribution is -2.42. The molecule has 9 nitrogen and oxygen atoms in total.